The Morgan fingerprint density at radius 2 is 1.68 bits per heavy atom. The molecule has 2 fully saturated rings. The van der Waals surface area contributed by atoms with Crippen molar-refractivity contribution in [3.63, 3.8) is 0 Å². The van der Waals surface area contributed by atoms with Gasteiger partial charge in [0.1, 0.15) is 0 Å². The zero-order valence-electron chi connectivity index (χ0n) is 16.9. The Morgan fingerprint density at radius 3 is 2.32 bits per heavy atom. The zero-order valence-corrected chi connectivity index (χ0v) is 16.9. The van der Waals surface area contributed by atoms with Crippen molar-refractivity contribution in [1.82, 2.24) is 15.1 Å². The first-order valence-corrected chi connectivity index (χ1v) is 10.5. The van der Waals surface area contributed by atoms with Crippen LogP contribution in [0.4, 0.5) is 6.01 Å². The van der Waals surface area contributed by atoms with Crippen molar-refractivity contribution < 1.29 is 9.21 Å². The van der Waals surface area contributed by atoms with Crippen LogP contribution in [0, 0.1) is 17.8 Å². The zero-order chi connectivity index (χ0) is 19.5. The summed E-state index contributed by atoms with van der Waals surface area (Å²) in [4.78, 5) is 17.1. The molecule has 0 aliphatic carbocycles. The van der Waals surface area contributed by atoms with Crippen LogP contribution in [0.25, 0.3) is 11.5 Å². The summed E-state index contributed by atoms with van der Waals surface area (Å²) in [7, 11) is 0. The fourth-order valence-corrected chi connectivity index (χ4v) is 4.40. The van der Waals surface area contributed by atoms with Gasteiger partial charge in [-0.2, -0.15) is 0 Å². The Balaban J connectivity index is 1.30. The molecule has 1 aromatic heterocycles. The second kappa shape index (κ2) is 8.33. The Kier molecular flexibility index (Phi) is 5.64. The van der Waals surface area contributed by atoms with Crippen LogP contribution in [0.15, 0.2) is 34.7 Å². The van der Waals surface area contributed by atoms with E-state index in [1.165, 1.54) is 0 Å². The van der Waals surface area contributed by atoms with Gasteiger partial charge in [0.05, 0.1) is 0 Å². The molecule has 1 aromatic carbocycles. The van der Waals surface area contributed by atoms with E-state index in [0.29, 0.717) is 17.8 Å². The van der Waals surface area contributed by atoms with Crippen LogP contribution in [0.3, 0.4) is 0 Å². The van der Waals surface area contributed by atoms with Gasteiger partial charge in [-0.1, -0.05) is 37.1 Å². The first-order valence-electron chi connectivity index (χ1n) is 10.5. The molecule has 2 saturated heterocycles. The fourth-order valence-electron chi connectivity index (χ4n) is 4.40. The van der Waals surface area contributed by atoms with Gasteiger partial charge in [-0.15, -0.1) is 5.10 Å². The predicted molar refractivity (Wildman–Crippen MR) is 109 cm³/mol. The minimum atomic E-state index is 0.128. The molecule has 0 spiro atoms. The van der Waals surface area contributed by atoms with E-state index >= 15 is 0 Å². The Bertz CT molecular complexity index is 773. The summed E-state index contributed by atoms with van der Waals surface area (Å²) < 4.78 is 5.86. The van der Waals surface area contributed by atoms with E-state index in [4.69, 9.17) is 4.42 Å². The SMILES string of the molecule is CC(C)C1CCN(C(=O)C2CCN(c3nnc(-c4ccccc4)o3)CC2)CC1. The molecular weight excluding hydrogens is 352 g/mol. The van der Waals surface area contributed by atoms with E-state index < -0.39 is 0 Å². The highest BCUT2D eigenvalue weighted by Gasteiger charge is 2.32. The van der Waals surface area contributed by atoms with Crippen molar-refractivity contribution in [2.45, 2.75) is 39.5 Å². The summed E-state index contributed by atoms with van der Waals surface area (Å²) in [6.07, 6.45) is 4.00. The van der Waals surface area contributed by atoms with E-state index in [-0.39, 0.29) is 5.92 Å². The van der Waals surface area contributed by atoms with Gasteiger partial charge in [-0.25, -0.2) is 0 Å². The molecule has 3 heterocycles. The first kappa shape index (κ1) is 19.0. The number of hydrogen-bond acceptors (Lipinski definition) is 5. The lowest BCUT2D eigenvalue weighted by atomic mass is 9.86. The summed E-state index contributed by atoms with van der Waals surface area (Å²) >= 11 is 0. The van der Waals surface area contributed by atoms with Crippen molar-refractivity contribution >= 4 is 11.9 Å². The fraction of sp³-hybridized carbons (Fsp3) is 0.591. The molecule has 2 aliphatic heterocycles. The monoisotopic (exact) mass is 382 g/mol. The Labute approximate surface area is 166 Å². The second-order valence-electron chi connectivity index (χ2n) is 8.42. The molecule has 6 nitrogen and oxygen atoms in total. The van der Waals surface area contributed by atoms with E-state index in [9.17, 15) is 4.79 Å². The van der Waals surface area contributed by atoms with E-state index in [0.717, 1.165) is 69.3 Å². The molecule has 0 radical (unpaired) electrons. The van der Waals surface area contributed by atoms with Crippen LogP contribution in [-0.4, -0.2) is 47.2 Å². The van der Waals surface area contributed by atoms with Gasteiger partial charge in [0.15, 0.2) is 0 Å². The van der Waals surface area contributed by atoms with E-state index in [1.807, 2.05) is 30.3 Å². The maximum Gasteiger partial charge on any atom is 0.318 e. The lowest BCUT2D eigenvalue weighted by Crippen LogP contribution is -2.46. The van der Waals surface area contributed by atoms with Gasteiger partial charge in [0.2, 0.25) is 11.8 Å². The van der Waals surface area contributed by atoms with Crippen LogP contribution in [0.1, 0.15) is 39.5 Å². The third kappa shape index (κ3) is 4.05. The van der Waals surface area contributed by atoms with E-state index in [2.05, 4.69) is 33.8 Å². The Morgan fingerprint density at radius 1 is 1.00 bits per heavy atom. The number of nitrogens with zero attached hydrogens (tertiary/aromatic N) is 4. The molecule has 0 atom stereocenters. The summed E-state index contributed by atoms with van der Waals surface area (Å²) in [5, 5.41) is 8.39. The molecule has 0 N–H and O–H groups in total. The Hall–Kier alpha value is -2.37. The van der Waals surface area contributed by atoms with Crippen LogP contribution in [-0.2, 0) is 4.79 Å². The smallest absolute Gasteiger partial charge is 0.318 e. The number of aromatic nitrogens is 2. The third-order valence-corrected chi connectivity index (χ3v) is 6.34. The number of amides is 1. The predicted octanol–water partition coefficient (Wildman–Crippen LogP) is 3.85. The van der Waals surface area contributed by atoms with Gasteiger partial charge >= 0.3 is 6.01 Å². The molecule has 2 aliphatic rings. The van der Waals surface area contributed by atoms with Crippen LogP contribution >= 0.6 is 0 Å². The number of piperidine rings is 2. The molecule has 150 valence electrons. The largest absolute Gasteiger partial charge is 0.403 e. The average Bonchev–Trinajstić information content (AvgIpc) is 3.24. The molecule has 4 rings (SSSR count). The number of carbonyl (C=O) groups is 1. The molecule has 0 unspecified atom stereocenters. The minimum absolute atomic E-state index is 0.128. The van der Waals surface area contributed by atoms with Crippen molar-refractivity contribution in [3.05, 3.63) is 30.3 Å². The number of carbonyl (C=O) groups excluding carboxylic acids is 1. The summed E-state index contributed by atoms with van der Waals surface area (Å²) in [6.45, 7) is 8.00. The lowest BCUT2D eigenvalue weighted by molar-refractivity contribution is -0.137. The summed E-state index contributed by atoms with van der Waals surface area (Å²) in [5.74, 6) is 2.50. The van der Waals surface area contributed by atoms with Gasteiger partial charge in [-0.3, -0.25) is 4.79 Å². The van der Waals surface area contributed by atoms with E-state index in [1.54, 1.807) is 0 Å². The summed E-state index contributed by atoms with van der Waals surface area (Å²) in [5.41, 5.74) is 0.927. The standard InChI is InChI=1S/C22H30N4O2/c1-16(2)17-8-12-25(13-9-17)21(27)19-10-14-26(15-11-19)22-24-23-20(28-22)18-6-4-3-5-7-18/h3-7,16-17,19H,8-15H2,1-2H3. The number of benzene rings is 1. The molecule has 1 amide bonds. The van der Waals surface area contributed by atoms with Gasteiger partial charge in [-0.05, 0) is 49.7 Å². The molecule has 0 bridgehead atoms. The number of rotatable bonds is 4. The van der Waals surface area contributed by atoms with Gasteiger partial charge < -0.3 is 14.2 Å². The van der Waals surface area contributed by atoms with Gasteiger partial charge in [0.25, 0.3) is 0 Å². The molecular formula is C22H30N4O2. The van der Waals surface area contributed by atoms with Crippen LogP contribution in [0.5, 0.6) is 0 Å². The van der Waals surface area contributed by atoms with Crippen LogP contribution < -0.4 is 4.90 Å². The third-order valence-electron chi connectivity index (χ3n) is 6.34. The molecule has 6 heteroatoms. The highest BCUT2D eigenvalue weighted by atomic mass is 16.4. The quantitative estimate of drug-likeness (QED) is 0.804. The summed E-state index contributed by atoms with van der Waals surface area (Å²) in [6, 6.07) is 10.4. The van der Waals surface area contributed by atoms with Crippen molar-refractivity contribution in [3.8, 4) is 11.5 Å². The number of hydrogen-bond donors (Lipinski definition) is 0. The van der Waals surface area contributed by atoms with Crippen molar-refractivity contribution in [2.75, 3.05) is 31.1 Å². The second-order valence-corrected chi connectivity index (χ2v) is 8.42. The van der Waals surface area contributed by atoms with Crippen molar-refractivity contribution in [1.29, 1.82) is 0 Å². The highest BCUT2D eigenvalue weighted by Crippen LogP contribution is 2.29. The first-order chi connectivity index (χ1) is 13.6. The maximum atomic E-state index is 12.9. The normalized spacial score (nSPS) is 19.4. The molecule has 2 aromatic rings. The number of anilines is 1. The average molecular weight is 383 g/mol. The van der Waals surface area contributed by atoms with Crippen molar-refractivity contribution in [2.24, 2.45) is 17.8 Å². The van der Waals surface area contributed by atoms with Crippen LogP contribution in [0.2, 0.25) is 0 Å². The highest BCUT2D eigenvalue weighted by molar-refractivity contribution is 5.79. The lowest BCUT2D eigenvalue weighted by Gasteiger charge is -2.37. The topological polar surface area (TPSA) is 62.5 Å². The molecule has 0 saturated carbocycles. The minimum Gasteiger partial charge on any atom is -0.403 e. The molecule has 28 heavy (non-hydrogen) atoms. The maximum absolute atomic E-state index is 12.9. The van der Waals surface area contributed by atoms with Gasteiger partial charge in [0, 0.05) is 37.7 Å². The number of likely N-dealkylation sites (tertiary alicyclic amines) is 1.